The molecule has 4 rings (SSSR count). The molecule has 0 amide bonds. The van der Waals surface area contributed by atoms with Crippen LogP contribution in [-0.4, -0.2) is 32.5 Å². The molecule has 0 radical (unpaired) electrons. The molecule has 1 aliphatic rings. The van der Waals surface area contributed by atoms with Crippen molar-refractivity contribution < 1.29 is 0 Å². The van der Waals surface area contributed by atoms with E-state index in [4.69, 9.17) is 9.97 Å². The van der Waals surface area contributed by atoms with Gasteiger partial charge in [-0.1, -0.05) is 38.0 Å². The summed E-state index contributed by atoms with van der Waals surface area (Å²) in [6, 6.07) is 10.6. The fourth-order valence-electron chi connectivity index (χ4n) is 5.03. The highest BCUT2D eigenvalue weighted by atomic mass is 16.1. The molecule has 0 aliphatic carbocycles. The summed E-state index contributed by atoms with van der Waals surface area (Å²) in [5, 5.41) is 0.766. The van der Waals surface area contributed by atoms with E-state index in [0.717, 1.165) is 60.2 Å². The van der Waals surface area contributed by atoms with Crippen LogP contribution in [0.3, 0.4) is 0 Å². The average molecular weight is 433 g/mol. The number of nitrogens with zero attached hydrogens (tertiary/aromatic N) is 4. The van der Waals surface area contributed by atoms with Gasteiger partial charge in [-0.3, -0.25) is 19.2 Å². The molecule has 0 bridgehead atoms. The third kappa shape index (κ3) is 5.09. The van der Waals surface area contributed by atoms with E-state index in [2.05, 4.69) is 36.9 Å². The Morgan fingerprint density at radius 2 is 1.88 bits per heavy atom. The van der Waals surface area contributed by atoms with Gasteiger partial charge in [-0.05, 0) is 82.3 Å². The van der Waals surface area contributed by atoms with Crippen molar-refractivity contribution >= 4 is 10.9 Å². The van der Waals surface area contributed by atoms with Gasteiger partial charge in [-0.25, -0.2) is 4.98 Å². The summed E-state index contributed by atoms with van der Waals surface area (Å²) in [6.45, 7) is 9.60. The minimum absolute atomic E-state index is 0.0916. The highest BCUT2D eigenvalue weighted by Gasteiger charge is 2.16. The first-order chi connectivity index (χ1) is 15.6. The molecule has 1 fully saturated rings. The molecule has 0 saturated carbocycles. The molecule has 1 unspecified atom stereocenters. The predicted molar refractivity (Wildman–Crippen MR) is 131 cm³/mol. The van der Waals surface area contributed by atoms with Gasteiger partial charge in [0.05, 0.1) is 10.9 Å². The van der Waals surface area contributed by atoms with Crippen LogP contribution in [0.2, 0.25) is 0 Å². The zero-order chi connectivity index (χ0) is 22.5. The number of aryl methyl sites for hydroxylation is 3. The highest BCUT2D eigenvalue weighted by Crippen LogP contribution is 2.20. The third-order valence-corrected chi connectivity index (χ3v) is 6.73. The van der Waals surface area contributed by atoms with Crippen LogP contribution in [0.1, 0.15) is 74.6 Å². The molecular weight excluding hydrogens is 396 g/mol. The summed E-state index contributed by atoms with van der Waals surface area (Å²) < 4.78 is 1.88. The van der Waals surface area contributed by atoms with E-state index in [1.807, 2.05) is 29.8 Å². The number of aromatic nitrogens is 3. The maximum atomic E-state index is 13.4. The normalized spacial score (nSPS) is 15.8. The smallest absolute Gasteiger partial charge is 0.261 e. The van der Waals surface area contributed by atoms with Crippen LogP contribution >= 0.6 is 0 Å². The molecule has 2 aromatic heterocycles. The Morgan fingerprint density at radius 1 is 1.06 bits per heavy atom. The Labute approximate surface area is 191 Å². The van der Waals surface area contributed by atoms with Gasteiger partial charge in [0.25, 0.3) is 5.56 Å². The van der Waals surface area contributed by atoms with E-state index in [1.54, 1.807) is 0 Å². The largest absolute Gasteiger partial charge is 0.299 e. The molecule has 0 spiro atoms. The van der Waals surface area contributed by atoms with Crippen LogP contribution in [-0.2, 0) is 19.4 Å². The molecule has 170 valence electrons. The number of pyridine rings is 1. The molecule has 1 aromatic carbocycles. The van der Waals surface area contributed by atoms with Crippen molar-refractivity contribution in [1.82, 2.24) is 19.4 Å². The Morgan fingerprint density at radius 3 is 2.59 bits per heavy atom. The fraction of sp³-hybridized carbons (Fsp3) is 0.519. The summed E-state index contributed by atoms with van der Waals surface area (Å²) >= 11 is 0. The van der Waals surface area contributed by atoms with Crippen molar-refractivity contribution in [3.63, 3.8) is 0 Å². The lowest BCUT2D eigenvalue weighted by atomic mass is 10.0. The van der Waals surface area contributed by atoms with Crippen molar-refractivity contribution in [3.05, 3.63) is 69.5 Å². The minimum atomic E-state index is 0.0916. The topological polar surface area (TPSA) is 51.0 Å². The van der Waals surface area contributed by atoms with Crippen LogP contribution in [0, 0.1) is 6.92 Å². The summed E-state index contributed by atoms with van der Waals surface area (Å²) in [4.78, 5) is 25.4. The first kappa shape index (κ1) is 22.7. The van der Waals surface area contributed by atoms with Crippen LogP contribution in [0.25, 0.3) is 10.9 Å². The number of hydrogen-bond donors (Lipinski definition) is 0. The van der Waals surface area contributed by atoms with Gasteiger partial charge in [-0.2, -0.15) is 0 Å². The molecular formula is C27H36N4O. The van der Waals surface area contributed by atoms with Gasteiger partial charge in [0.1, 0.15) is 5.82 Å². The Hall–Kier alpha value is -2.53. The number of likely N-dealkylation sites (tertiary alicyclic amines) is 1. The zero-order valence-electron chi connectivity index (χ0n) is 19.8. The van der Waals surface area contributed by atoms with Crippen molar-refractivity contribution in [2.24, 2.45) is 0 Å². The van der Waals surface area contributed by atoms with Crippen molar-refractivity contribution in [2.75, 3.05) is 13.1 Å². The van der Waals surface area contributed by atoms with Crippen molar-refractivity contribution in [2.45, 2.75) is 78.3 Å². The second-order valence-electron chi connectivity index (χ2n) is 9.28. The van der Waals surface area contributed by atoms with Gasteiger partial charge in [0.15, 0.2) is 0 Å². The summed E-state index contributed by atoms with van der Waals surface area (Å²) in [7, 11) is 0. The van der Waals surface area contributed by atoms with Crippen LogP contribution < -0.4 is 5.56 Å². The number of piperidine rings is 1. The van der Waals surface area contributed by atoms with E-state index in [0.29, 0.717) is 0 Å². The molecule has 3 aromatic rings. The number of hydrogen-bond acceptors (Lipinski definition) is 4. The molecule has 3 heterocycles. The number of rotatable bonds is 8. The van der Waals surface area contributed by atoms with Crippen LogP contribution in [0.15, 0.2) is 41.3 Å². The minimum Gasteiger partial charge on any atom is -0.299 e. The lowest BCUT2D eigenvalue weighted by Gasteiger charge is -2.26. The second kappa shape index (κ2) is 10.4. The Balaban J connectivity index is 1.51. The first-order valence-corrected chi connectivity index (χ1v) is 12.2. The van der Waals surface area contributed by atoms with E-state index in [-0.39, 0.29) is 11.6 Å². The van der Waals surface area contributed by atoms with Gasteiger partial charge in [0, 0.05) is 24.5 Å². The van der Waals surface area contributed by atoms with Crippen molar-refractivity contribution in [1.29, 1.82) is 0 Å². The number of fused-ring (bicyclic) bond motifs is 1. The summed E-state index contributed by atoms with van der Waals surface area (Å²) in [5.41, 5.74) is 4.32. The molecule has 5 nitrogen and oxygen atoms in total. The van der Waals surface area contributed by atoms with Gasteiger partial charge < -0.3 is 0 Å². The summed E-state index contributed by atoms with van der Waals surface area (Å²) in [5.74, 6) is 0.798. The van der Waals surface area contributed by atoms with Crippen LogP contribution in [0.5, 0.6) is 0 Å². The second-order valence-corrected chi connectivity index (χ2v) is 9.28. The van der Waals surface area contributed by atoms with Crippen LogP contribution in [0.4, 0.5) is 0 Å². The summed E-state index contributed by atoms with van der Waals surface area (Å²) in [6.07, 6.45) is 9.64. The van der Waals surface area contributed by atoms with E-state index in [1.165, 1.54) is 37.9 Å². The van der Waals surface area contributed by atoms with Gasteiger partial charge in [-0.15, -0.1) is 0 Å². The van der Waals surface area contributed by atoms with E-state index >= 15 is 0 Å². The predicted octanol–water partition coefficient (Wildman–Crippen LogP) is 5.23. The van der Waals surface area contributed by atoms with E-state index in [9.17, 15) is 4.79 Å². The lowest BCUT2D eigenvalue weighted by molar-refractivity contribution is 0.220. The molecule has 1 atom stereocenters. The Kier molecular flexibility index (Phi) is 7.36. The Bertz CT molecular complexity index is 1100. The molecule has 5 heteroatoms. The lowest BCUT2D eigenvalue weighted by Crippen LogP contribution is -2.29. The quantitative estimate of drug-likeness (QED) is 0.489. The third-order valence-electron chi connectivity index (χ3n) is 6.73. The van der Waals surface area contributed by atoms with Crippen molar-refractivity contribution in [3.8, 4) is 0 Å². The first-order valence-electron chi connectivity index (χ1n) is 12.2. The maximum absolute atomic E-state index is 13.4. The standard InChI is InChI=1S/C27H36N4O/c1-4-9-20(2)31-21(3)29-25-11-8-10-23(26(25)27(31)32)13-15-24-14-12-22(18-28-24)19-30-16-6-5-7-17-30/h8,10-12,14,18,20H,4-7,9,13,15-17,19H2,1-3H3. The molecule has 1 aliphatic heterocycles. The number of benzene rings is 1. The van der Waals surface area contributed by atoms with E-state index < -0.39 is 0 Å². The molecule has 1 saturated heterocycles. The molecule has 32 heavy (non-hydrogen) atoms. The van der Waals surface area contributed by atoms with Gasteiger partial charge >= 0.3 is 0 Å². The highest BCUT2D eigenvalue weighted by molar-refractivity contribution is 5.81. The maximum Gasteiger partial charge on any atom is 0.261 e. The molecule has 0 N–H and O–H groups in total. The fourth-order valence-corrected chi connectivity index (χ4v) is 5.03. The zero-order valence-corrected chi connectivity index (χ0v) is 19.8. The van der Waals surface area contributed by atoms with Gasteiger partial charge in [0.2, 0.25) is 0 Å². The monoisotopic (exact) mass is 432 g/mol. The average Bonchev–Trinajstić information content (AvgIpc) is 2.79. The SMILES string of the molecule is CCCC(C)n1c(C)nc2cccc(CCc3ccc(CN4CCCCC4)cn3)c2c1=O.